The highest BCUT2D eigenvalue weighted by Gasteiger charge is 2.41. The topological polar surface area (TPSA) is 129 Å². The van der Waals surface area contributed by atoms with Crippen LogP contribution < -0.4 is 0 Å². The zero-order chi connectivity index (χ0) is 42.8. The van der Waals surface area contributed by atoms with Crippen LogP contribution in [-0.2, 0) is 44.5 Å². The summed E-state index contributed by atoms with van der Waals surface area (Å²) >= 11 is 0. The first-order valence-corrected chi connectivity index (χ1v) is 19.6. The van der Waals surface area contributed by atoms with Crippen LogP contribution in [0.4, 0.5) is 4.79 Å². The van der Waals surface area contributed by atoms with Gasteiger partial charge in [0, 0.05) is 13.1 Å². The standard InChI is InChI=1S/C32H52N2O7.C2H4O2.4C2H6/c1-11-13-21-33(12-2)27(35)24(4)34(30(38)41-32(8,9)10)26(20-19-25-17-15-14-16-18-25)29(37)39-22-23(3)28(36)40-31(5,6)7;1-4-2-3;4*1-2/h14-18,23-24,26H,11-13,19-22H2,1-10H3;2H,1H3;4*1-2H3. The van der Waals surface area contributed by atoms with Gasteiger partial charge in [0.05, 0.1) is 13.0 Å². The van der Waals surface area contributed by atoms with E-state index in [1.54, 1.807) is 60.3 Å². The number of carbonyl (C=O) groups excluding carboxylic acids is 5. The average molecular weight is 757 g/mol. The minimum Gasteiger partial charge on any atom is -0.471 e. The molecule has 2 amide bonds. The summed E-state index contributed by atoms with van der Waals surface area (Å²) in [6.45, 7) is 34.8. The molecular formula is C42H80N2O9. The number of ether oxygens (including phenoxy) is 4. The molecule has 0 aliphatic rings. The number of hydrogen-bond donors (Lipinski definition) is 0. The molecular weight excluding hydrogens is 676 g/mol. The van der Waals surface area contributed by atoms with Crippen LogP contribution in [0.15, 0.2) is 30.3 Å². The summed E-state index contributed by atoms with van der Waals surface area (Å²) in [6.07, 6.45) is 1.61. The summed E-state index contributed by atoms with van der Waals surface area (Å²) in [5.41, 5.74) is -0.572. The van der Waals surface area contributed by atoms with Gasteiger partial charge in [-0.3, -0.25) is 19.3 Å². The highest BCUT2D eigenvalue weighted by molar-refractivity contribution is 5.89. The SMILES string of the molecule is CC.CC.CC.CC.CCCCN(CC)C(=O)C(C)N(C(=O)OC(C)(C)C)C(CCc1ccccc1)C(=O)OCC(C)C(=O)OC(C)(C)C.COC=O. The van der Waals surface area contributed by atoms with Crippen molar-refractivity contribution in [2.45, 2.75) is 174 Å². The van der Waals surface area contributed by atoms with E-state index >= 15 is 0 Å². The molecule has 53 heavy (non-hydrogen) atoms. The Kier molecular flexibility index (Phi) is 39.2. The van der Waals surface area contributed by atoms with E-state index in [9.17, 15) is 19.2 Å². The summed E-state index contributed by atoms with van der Waals surface area (Å²) in [6, 6.07) is 7.45. The van der Waals surface area contributed by atoms with Crippen molar-refractivity contribution in [2.75, 3.05) is 26.8 Å². The van der Waals surface area contributed by atoms with Crippen molar-refractivity contribution >= 4 is 30.4 Å². The number of hydrogen-bond acceptors (Lipinski definition) is 9. The summed E-state index contributed by atoms with van der Waals surface area (Å²) in [7, 11) is 1.31. The molecule has 0 bridgehead atoms. The van der Waals surface area contributed by atoms with Crippen molar-refractivity contribution in [3.8, 4) is 0 Å². The zero-order valence-corrected chi connectivity index (χ0v) is 37.2. The maximum atomic E-state index is 13.7. The molecule has 11 nitrogen and oxygen atoms in total. The third-order valence-electron chi connectivity index (χ3n) is 6.39. The van der Waals surface area contributed by atoms with E-state index in [2.05, 4.69) is 4.74 Å². The number of likely N-dealkylation sites (N-methyl/N-ethyl adjacent to an activating group) is 1. The molecule has 1 rings (SSSR count). The van der Waals surface area contributed by atoms with Crippen LogP contribution >= 0.6 is 0 Å². The summed E-state index contributed by atoms with van der Waals surface area (Å²) in [5.74, 6) is -2.19. The van der Waals surface area contributed by atoms with E-state index in [0.717, 1.165) is 18.4 Å². The average Bonchev–Trinajstić information content (AvgIpc) is 3.14. The number of amides is 2. The lowest BCUT2D eigenvalue weighted by atomic mass is 10.0. The molecule has 1 aromatic rings. The van der Waals surface area contributed by atoms with Gasteiger partial charge >= 0.3 is 18.0 Å². The number of benzene rings is 1. The van der Waals surface area contributed by atoms with Crippen molar-refractivity contribution < 1.29 is 42.9 Å². The van der Waals surface area contributed by atoms with Gasteiger partial charge in [-0.1, -0.05) is 99.1 Å². The molecule has 3 unspecified atom stereocenters. The van der Waals surface area contributed by atoms with Gasteiger partial charge in [-0.2, -0.15) is 0 Å². The largest absolute Gasteiger partial charge is 0.471 e. The molecule has 0 saturated heterocycles. The Morgan fingerprint density at radius 2 is 1.25 bits per heavy atom. The predicted octanol–water partition coefficient (Wildman–Crippen LogP) is 9.68. The number of aryl methyl sites for hydroxylation is 1. The minimum absolute atomic E-state index is 0.196. The maximum absolute atomic E-state index is 13.7. The molecule has 0 aliphatic carbocycles. The van der Waals surface area contributed by atoms with Gasteiger partial charge in [0.25, 0.3) is 6.47 Å². The first kappa shape index (κ1) is 58.7. The first-order chi connectivity index (χ1) is 24.9. The number of rotatable bonds is 15. The molecule has 11 heteroatoms. The Hall–Kier alpha value is -3.63. The normalized spacial score (nSPS) is 11.6. The van der Waals surface area contributed by atoms with Crippen LogP contribution in [0.2, 0.25) is 0 Å². The third-order valence-corrected chi connectivity index (χ3v) is 6.39. The highest BCUT2D eigenvalue weighted by atomic mass is 16.6. The zero-order valence-electron chi connectivity index (χ0n) is 37.2. The van der Waals surface area contributed by atoms with Crippen LogP contribution in [0, 0.1) is 5.92 Å². The van der Waals surface area contributed by atoms with Crippen LogP contribution in [0.5, 0.6) is 0 Å². The molecule has 0 saturated carbocycles. The van der Waals surface area contributed by atoms with Gasteiger partial charge in [0.15, 0.2) is 0 Å². The number of methoxy groups -OCH3 is 1. The lowest BCUT2D eigenvalue weighted by Gasteiger charge is -2.37. The quantitative estimate of drug-likeness (QED) is 0.0976. The Morgan fingerprint density at radius 3 is 1.64 bits per heavy atom. The molecule has 0 N–H and O–H groups in total. The molecule has 0 aliphatic heterocycles. The first-order valence-electron chi connectivity index (χ1n) is 19.6. The van der Waals surface area contributed by atoms with Crippen LogP contribution in [0.25, 0.3) is 0 Å². The van der Waals surface area contributed by atoms with Crippen molar-refractivity contribution in [2.24, 2.45) is 5.92 Å². The summed E-state index contributed by atoms with van der Waals surface area (Å²) in [5, 5.41) is 0. The lowest BCUT2D eigenvalue weighted by molar-refractivity contribution is -0.165. The maximum Gasteiger partial charge on any atom is 0.411 e. The molecule has 1 aromatic carbocycles. The van der Waals surface area contributed by atoms with Gasteiger partial charge in [-0.25, -0.2) is 9.59 Å². The molecule has 0 spiro atoms. The molecule has 0 fully saturated rings. The van der Waals surface area contributed by atoms with Crippen LogP contribution in [-0.4, -0.2) is 90.3 Å². The van der Waals surface area contributed by atoms with E-state index in [0.29, 0.717) is 26.0 Å². The van der Waals surface area contributed by atoms with Gasteiger partial charge in [0.2, 0.25) is 5.91 Å². The van der Waals surface area contributed by atoms with Crippen molar-refractivity contribution in [3.63, 3.8) is 0 Å². The van der Waals surface area contributed by atoms with Crippen LogP contribution in [0.3, 0.4) is 0 Å². The fourth-order valence-electron chi connectivity index (χ4n) is 4.12. The summed E-state index contributed by atoms with van der Waals surface area (Å²) in [4.78, 5) is 65.3. The number of nitrogens with zero attached hydrogens (tertiary/aromatic N) is 2. The fraction of sp³-hybridized carbons (Fsp3) is 0.738. The Bertz CT molecular complexity index is 1050. The molecule has 0 heterocycles. The van der Waals surface area contributed by atoms with Crippen molar-refractivity contribution in [1.82, 2.24) is 9.80 Å². The fourth-order valence-corrected chi connectivity index (χ4v) is 4.12. The molecule has 0 aromatic heterocycles. The van der Waals surface area contributed by atoms with Gasteiger partial charge in [-0.05, 0) is 87.1 Å². The van der Waals surface area contributed by atoms with Gasteiger partial charge in [-0.15, -0.1) is 0 Å². The number of unbranched alkanes of at least 4 members (excludes halogenated alkanes) is 1. The van der Waals surface area contributed by atoms with E-state index in [1.165, 1.54) is 12.0 Å². The van der Waals surface area contributed by atoms with Gasteiger partial charge < -0.3 is 23.8 Å². The monoisotopic (exact) mass is 757 g/mol. The van der Waals surface area contributed by atoms with E-state index in [-0.39, 0.29) is 18.9 Å². The van der Waals surface area contributed by atoms with E-state index in [1.807, 2.05) is 99.6 Å². The van der Waals surface area contributed by atoms with Crippen LogP contribution in [0.1, 0.15) is 149 Å². The smallest absolute Gasteiger partial charge is 0.411 e. The Balaban J connectivity index is -0.000000569. The van der Waals surface area contributed by atoms with Crippen molar-refractivity contribution in [3.05, 3.63) is 35.9 Å². The Morgan fingerprint density at radius 1 is 0.774 bits per heavy atom. The lowest BCUT2D eigenvalue weighted by Crippen LogP contribution is -2.57. The number of carbonyl (C=O) groups is 5. The minimum atomic E-state index is -1.13. The predicted molar refractivity (Wildman–Crippen MR) is 218 cm³/mol. The molecule has 3 atom stereocenters. The number of esters is 2. The van der Waals surface area contributed by atoms with E-state index in [4.69, 9.17) is 19.0 Å². The van der Waals surface area contributed by atoms with E-state index < -0.39 is 47.2 Å². The second-order valence-electron chi connectivity index (χ2n) is 12.8. The Labute approximate surface area is 324 Å². The molecule has 0 radical (unpaired) electrons. The highest BCUT2D eigenvalue weighted by Crippen LogP contribution is 2.22. The molecule has 312 valence electrons. The second kappa shape index (κ2) is 35.4. The summed E-state index contributed by atoms with van der Waals surface area (Å²) < 4.78 is 20.6. The second-order valence-corrected chi connectivity index (χ2v) is 12.8. The van der Waals surface area contributed by atoms with Crippen molar-refractivity contribution in [1.29, 1.82) is 0 Å². The van der Waals surface area contributed by atoms with Gasteiger partial charge in [0.1, 0.15) is 29.9 Å². The third kappa shape index (κ3) is 29.5.